The molecule has 0 aliphatic carbocycles. The Morgan fingerprint density at radius 3 is 2.81 bits per heavy atom. The van der Waals surface area contributed by atoms with Crippen LogP contribution >= 0.6 is 11.6 Å². The molecule has 1 amide bonds. The third-order valence-electron chi connectivity index (χ3n) is 5.83. The van der Waals surface area contributed by atoms with Crippen LogP contribution < -0.4 is 5.73 Å². The van der Waals surface area contributed by atoms with E-state index in [0.717, 1.165) is 44.2 Å². The number of nitrogen functional groups attached to an aromatic ring is 1. The van der Waals surface area contributed by atoms with Gasteiger partial charge in [0.2, 0.25) is 5.91 Å². The molecule has 2 aromatic rings. The molecule has 2 aromatic heterocycles. The van der Waals surface area contributed by atoms with Crippen LogP contribution in [0.25, 0.3) is 0 Å². The molecule has 1 fully saturated rings. The number of halogens is 1. The van der Waals surface area contributed by atoms with Gasteiger partial charge in [-0.15, -0.1) is 5.10 Å². The number of rotatable bonds is 7. The molecule has 9 heteroatoms. The van der Waals surface area contributed by atoms with E-state index in [-0.39, 0.29) is 24.0 Å². The normalized spacial score (nSPS) is 17.8. The fraction of sp³-hybridized carbons (Fsp3) is 0.545. The van der Waals surface area contributed by atoms with Crippen LogP contribution in [0.15, 0.2) is 18.3 Å². The monoisotopic (exact) mass is 444 g/mol. The van der Waals surface area contributed by atoms with Gasteiger partial charge in [-0.05, 0) is 57.1 Å². The summed E-state index contributed by atoms with van der Waals surface area (Å²) >= 11 is 6.25. The smallest absolute Gasteiger partial charge is 0.225 e. The molecule has 166 valence electrons. The lowest BCUT2D eigenvalue weighted by Crippen LogP contribution is -2.36. The largest absolute Gasteiger partial charge is 0.383 e. The van der Waals surface area contributed by atoms with Crippen LogP contribution in [0.3, 0.4) is 0 Å². The zero-order valence-corrected chi connectivity index (χ0v) is 18.8. The third kappa shape index (κ3) is 6.19. The Hall–Kier alpha value is -2.61. The van der Waals surface area contributed by atoms with Crippen LogP contribution in [0.2, 0.25) is 5.15 Å². The number of anilines is 1. The molecule has 0 spiro atoms. The minimum absolute atomic E-state index is 0.0251. The molecule has 0 bridgehead atoms. The number of likely N-dealkylation sites (tertiary alicyclic amines) is 1. The van der Waals surface area contributed by atoms with Crippen molar-refractivity contribution in [1.29, 1.82) is 0 Å². The molecule has 3 heterocycles. The first-order valence-electron chi connectivity index (χ1n) is 10.7. The predicted molar refractivity (Wildman–Crippen MR) is 119 cm³/mol. The van der Waals surface area contributed by atoms with E-state index < -0.39 is 0 Å². The Morgan fingerprint density at radius 1 is 1.29 bits per heavy atom. The number of hydrogen-bond acceptors (Lipinski definition) is 7. The van der Waals surface area contributed by atoms with E-state index in [1.165, 1.54) is 6.20 Å². The average molecular weight is 445 g/mol. The van der Waals surface area contributed by atoms with E-state index in [1.807, 2.05) is 4.90 Å². The molecule has 8 nitrogen and oxygen atoms in total. The number of nitrogens with zero attached hydrogens (tertiary/aromatic N) is 5. The Morgan fingerprint density at radius 2 is 2.10 bits per heavy atom. The molecule has 1 aliphatic heterocycles. The number of Topliss-reactive ketones (excluding diaryl/α,β-unsaturated/α-hetero) is 1. The van der Waals surface area contributed by atoms with Crippen LogP contribution in [-0.2, 0) is 11.2 Å². The summed E-state index contributed by atoms with van der Waals surface area (Å²) in [5.41, 5.74) is 7.13. The summed E-state index contributed by atoms with van der Waals surface area (Å²) in [6, 6.07) is 3.30. The van der Waals surface area contributed by atoms with Crippen LogP contribution in [0.4, 0.5) is 5.82 Å². The van der Waals surface area contributed by atoms with Crippen molar-refractivity contribution >= 4 is 29.1 Å². The van der Waals surface area contributed by atoms with Gasteiger partial charge in [0.05, 0.1) is 0 Å². The molecule has 2 N–H and O–H groups in total. The van der Waals surface area contributed by atoms with Crippen molar-refractivity contribution in [1.82, 2.24) is 25.1 Å². The van der Waals surface area contributed by atoms with Crippen LogP contribution in [0, 0.1) is 18.8 Å². The molecular formula is C22H29ClN6O2. The fourth-order valence-corrected chi connectivity index (χ4v) is 4.38. The maximum Gasteiger partial charge on any atom is 0.225 e. The molecule has 31 heavy (non-hydrogen) atoms. The Balaban J connectivity index is 1.51. The van der Waals surface area contributed by atoms with Gasteiger partial charge < -0.3 is 10.6 Å². The topological polar surface area (TPSA) is 115 Å². The molecule has 3 rings (SSSR count). The maximum atomic E-state index is 12.9. The van der Waals surface area contributed by atoms with Gasteiger partial charge in [-0.25, -0.2) is 9.97 Å². The van der Waals surface area contributed by atoms with Crippen molar-refractivity contribution in [2.24, 2.45) is 11.8 Å². The van der Waals surface area contributed by atoms with Gasteiger partial charge in [0.15, 0.2) is 5.78 Å². The second-order valence-corrected chi connectivity index (χ2v) is 8.58. The van der Waals surface area contributed by atoms with Gasteiger partial charge in [-0.3, -0.25) is 9.59 Å². The number of amides is 1. The lowest BCUT2D eigenvalue weighted by atomic mass is 9.93. The van der Waals surface area contributed by atoms with Gasteiger partial charge in [-0.1, -0.05) is 18.5 Å². The lowest BCUT2D eigenvalue weighted by molar-refractivity contribution is -0.134. The summed E-state index contributed by atoms with van der Waals surface area (Å²) in [5, 5.41) is 8.00. The summed E-state index contributed by atoms with van der Waals surface area (Å²) in [7, 11) is 0. The summed E-state index contributed by atoms with van der Waals surface area (Å²) in [6.07, 6.45) is 6.22. The molecule has 1 aliphatic rings. The average Bonchev–Trinajstić information content (AvgIpc) is 2.98. The summed E-state index contributed by atoms with van der Waals surface area (Å²) < 4.78 is 0. The molecular weight excluding hydrogens is 416 g/mol. The number of nitrogens with two attached hydrogens (primary N) is 1. The zero-order valence-electron chi connectivity index (χ0n) is 18.1. The van der Waals surface area contributed by atoms with E-state index in [0.29, 0.717) is 35.0 Å². The van der Waals surface area contributed by atoms with Gasteiger partial charge in [0, 0.05) is 37.2 Å². The number of hydrogen-bond donors (Lipinski definition) is 1. The van der Waals surface area contributed by atoms with Gasteiger partial charge in [0.25, 0.3) is 0 Å². The Bertz CT molecular complexity index is 900. The first kappa shape index (κ1) is 23.1. The number of ketones is 1. The highest BCUT2D eigenvalue weighted by atomic mass is 35.5. The molecule has 2 atom stereocenters. The number of carbonyl (C=O) groups excluding carboxylic acids is 2. The van der Waals surface area contributed by atoms with Gasteiger partial charge >= 0.3 is 0 Å². The lowest BCUT2D eigenvalue weighted by Gasteiger charge is -2.24. The highest BCUT2D eigenvalue weighted by molar-refractivity contribution is 6.30. The third-order valence-corrected chi connectivity index (χ3v) is 6.15. The predicted octanol–water partition coefficient (Wildman–Crippen LogP) is 3.28. The number of carbonyl (C=O) groups is 2. The van der Waals surface area contributed by atoms with Crippen molar-refractivity contribution < 1.29 is 9.59 Å². The standard InChI is InChI=1S/C22H29ClN6O2/c1-14(13-19(30)18-6-3-10-25-28-18)22(31)29-11-4-5-16(9-12-29)7-8-17-20(23)26-15(2)27-21(17)24/h3,6,10,14,16H,4-5,7-9,11-13H2,1-2H3,(H2,24,26,27)/t14-,16?/m1/s1. The fourth-order valence-electron chi connectivity index (χ4n) is 4.07. The van der Waals surface area contributed by atoms with Gasteiger partial charge in [0.1, 0.15) is 22.5 Å². The molecule has 1 saturated heterocycles. The van der Waals surface area contributed by atoms with E-state index in [1.54, 1.807) is 26.0 Å². The van der Waals surface area contributed by atoms with Crippen molar-refractivity contribution in [3.05, 3.63) is 40.6 Å². The van der Waals surface area contributed by atoms with E-state index >= 15 is 0 Å². The van der Waals surface area contributed by atoms with Crippen LogP contribution in [-0.4, -0.2) is 49.8 Å². The SMILES string of the molecule is Cc1nc(N)c(CCC2CCCN(C(=O)[C@H](C)CC(=O)c3cccnn3)CC2)c(Cl)n1. The molecule has 0 aromatic carbocycles. The number of aryl methyl sites for hydroxylation is 1. The van der Waals surface area contributed by atoms with Crippen molar-refractivity contribution in [2.45, 2.75) is 52.4 Å². The first-order valence-corrected chi connectivity index (χ1v) is 11.1. The maximum absolute atomic E-state index is 12.9. The minimum Gasteiger partial charge on any atom is -0.383 e. The van der Waals surface area contributed by atoms with Crippen LogP contribution in [0.1, 0.15) is 60.9 Å². The summed E-state index contributed by atoms with van der Waals surface area (Å²) in [6.45, 7) is 4.99. The highest BCUT2D eigenvalue weighted by Crippen LogP contribution is 2.27. The minimum atomic E-state index is -0.380. The Kier molecular flexibility index (Phi) is 7.90. The van der Waals surface area contributed by atoms with E-state index in [2.05, 4.69) is 20.2 Å². The van der Waals surface area contributed by atoms with E-state index in [9.17, 15) is 9.59 Å². The summed E-state index contributed by atoms with van der Waals surface area (Å²) in [4.78, 5) is 35.6. The van der Waals surface area contributed by atoms with Crippen molar-refractivity contribution in [3.8, 4) is 0 Å². The van der Waals surface area contributed by atoms with Crippen molar-refractivity contribution in [2.75, 3.05) is 18.8 Å². The molecule has 0 saturated carbocycles. The quantitative estimate of drug-likeness (QED) is 0.514. The first-order chi connectivity index (χ1) is 14.8. The van der Waals surface area contributed by atoms with Crippen LogP contribution in [0.5, 0.6) is 0 Å². The second kappa shape index (κ2) is 10.6. The Labute approximate surface area is 187 Å². The van der Waals surface area contributed by atoms with Crippen molar-refractivity contribution in [3.63, 3.8) is 0 Å². The summed E-state index contributed by atoms with van der Waals surface area (Å²) in [5.74, 6) is 0.986. The second-order valence-electron chi connectivity index (χ2n) is 8.22. The molecule has 0 radical (unpaired) electrons. The molecule has 1 unspecified atom stereocenters. The van der Waals surface area contributed by atoms with Gasteiger partial charge in [-0.2, -0.15) is 5.10 Å². The highest BCUT2D eigenvalue weighted by Gasteiger charge is 2.26. The van der Waals surface area contributed by atoms with E-state index in [4.69, 9.17) is 17.3 Å². The zero-order chi connectivity index (χ0) is 22.4. The number of aromatic nitrogens is 4.